The maximum atomic E-state index is 12.8. The minimum Gasteiger partial charge on any atom is -0.497 e. The molecule has 4 rings (SSSR count). The Hall–Kier alpha value is -2.96. The summed E-state index contributed by atoms with van der Waals surface area (Å²) in [7, 11) is -2.16. The second-order valence-corrected chi connectivity index (χ2v) is 9.65. The zero-order valence-electron chi connectivity index (χ0n) is 16.6. The van der Waals surface area contributed by atoms with Crippen LogP contribution in [0.3, 0.4) is 0 Å². The van der Waals surface area contributed by atoms with Crippen LogP contribution >= 0.6 is 11.3 Å². The molecule has 12 heteroatoms. The third-order valence-electron chi connectivity index (χ3n) is 4.91. The Morgan fingerprint density at radius 1 is 1.16 bits per heavy atom. The molecule has 0 atom stereocenters. The average molecular weight is 465 g/mol. The molecule has 0 spiro atoms. The van der Waals surface area contributed by atoms with Gasteiger partial charge in [-0.15, -0.1) is 16.4 Å². The monoisotopic (exact) mass is 464 g/mol. The molecule has 1 aromatic carbocycles. The van der Waals surface area contributed by atoms with E-state index in [1.807, 2.05) is 11.4 Å². The molecule has 0 radical (unpaired) electrons. The maximum absolute atomic E-state index is 12.8. The van der Waals surface area contributed by atoms with Gasteiger partial charge >= 0.3 is 5.76 Å². The lowest BCUT2D eigenvalue weighted by molar-refractivity contribution is -0.133. The van der Waals surface area contributed by atoms with Crippen molar-refractivity contribution in [2.75, 3.05) is 33.3 Å². The molecule has 10 nitrogen and oxygen atoms in total. The standard InChI is InChI=1S/C19H20N4O6S2/c1-28-14-4-6-15(7-5-14)31(26,27)22-10-8-21(9-11-22)17(24)13-23-19(25)29-18(20-23)16-3-2-12-30-16/h2-7,12H,8-11,13H2,1H3. The summed E-state index contributed by atoms with van der Waals surface area (Å²) < 4.78 is 38.2. The van der Waals surface area contributed by atoms with Gasteiger partial charge < -0.3 is 14.1 Å². The van der Waals surface area contributed by atoms with Crippen LogP contribution in [-0.4, -0.2) is 66.6 Å². The highest BCUT2D eigenvalue weighted by atomic mass is 32.2. The molecule has 1 aliphatic heterocycles. The van der Waals surface area contributed by atoms with Gasteiger partial charge in [0.2, 0.25) is 15.9 Å². The molecular weight excluding hydrogens is 444 g/mol. The maximum Gasteiger partial charge on any atom is 0.437 e. The fraction of sp³-hybridized carbons (Fsp3) is 0.316. The molecule has 0 saturated carbocycles. The van der Waals surface area contributed by atoms with Gasteiger partial charge in [0.25, 0.3) is 5.89 Å². The topological polar surface area (TPSA) is 115 Å². The number of ether oxygens (including phenoxy) is 1. The van der Waals surface area contributed by atoms with Crippen LogP contribution in [-0.2, 0) is 21.4 Å². The summed E-state index contributed by atoms with van der Waals surface area (Å²) in [6, 6.07) is 9.75. The van der Waals surface area contributed by atoms with Gasteiger partial charge in [-0.05, 0) is 35.7 Å². The second-order valence-electron chi connectivity index (χ2n) is 6.77. The summed E-state index contributed by atoms with van der Waals surface area (Å²) in [4.78, 5) is 27.0. The molecule has 1 saturated heterocycles. The van der Waals surface area contributed by atoms with E-state index < -0.39 is 15.8 Å². The molecule has 1 amide bonds. The quantitative estimate of drug-likeness (QED) is 0.537. The molecule has 1 aliphatic rings. The predicted molar refractivity (Wildman–Crippen MR) is 112 cm³/mol. The van der Waals surface area contributed by atoms with E-state index >= 15 is 0 Å². The minimum absolute atomic E-state index is 0.161. The number of piperazine rings is 1. The molecule has 0 bridgehead atoms. The van der Waals surface area contributed by atoms with Crippen LogP contribution in [0.25, 0.3) is 10.8 Å². The van der Waals surface area contributed by atoms with E-state index in [2.05, 4.69) is 5.10 Å². The van der Waals surface area contributed by atoms with Gasteiger partial charge in [0.1, 0.15) is 12.3 Å². The van der Waals surface area contributed by atoms with Gasteiger partial charge in [-0.3, -0.25) is 4.79 Å². The number of methoxy groups -OCH3 is 1. The van der Waals surface area contributed by atoms with Crippen LogP contribution in [0.15, 0.2) is 55.9 Å². The number of hydrogen-bond acceptors (Lipinski definition) is 8. The number of carbonyl (C=O) groups excluding carboxylic acids is 1. The van der Waals surface area contributed by atoms with Gasteiger partial charge in [-0.25, -0.2) is 13.2 Å². The number of thiophene rings is 1. The summed E-state index contributed by atoms with van der Waals surface area (Å²) in [5.74, 6) is -0.296. The first-order chi connectivity index (χ1) is 14.9. The van der Waals surface area contributed by atoms with Crippen molar-refractivity contribution in [3.05, 3.63) is 52.3 Å². The Labute approximate surface area is 182 Å². The Kier molecular flexibility index (Phi) is 5.94. The second kappa shape index (κ2) is 8.65. The Bertz CT molecular complexity index is 1210. The molecule has 2 aromatic heterocycles. The Balaban J connectivity index is 1.38. The first-order valence-corrected chi connectivity index (χ1v) is 11.7. The van der Waals surface area contributed by atoms with E-state index in [1.165, 1.54) is 39.8 Å². The van der Waals surface area contributed by atoms with E-state index in [0.717, 1.165) is 4.68 Å². The number of benzene rings is 1. The predicted octanol–water partition coefficient (Wildman–Crippen LogP) is 1.11. The summed E-state index contributed by atoms with van der Waals surface area (Å²) in [6.45, 7) is 0.499. The third-order valence-corrected chi connectivity index (χ3v) is 7.68. The zero-order valence-corrected chi connectivity index (χ0v) is 18.3. The number of nitrogens with zero attached hydrogens (tertiary/aromatic N) is 4. The Morgan fingerprint density at radius 3 is 2.48 bits per heavy atom. The molecule has 1 fully saturated rings. The highest BCUT2D eigenvalue weighted by Crippen LogP contribution is 2.22. The number of rotatable bonds is 6. The average Bonchev–Trinajstić information content (AvgIpc) is 3.44. The number of carbonyl (C=O) groups is 1. The SMILES string of the molecule is COc1ccc(S(=O)(=O)N2CCN(C(=O)Cn3nc(-c4cccs4)oc3=O)CC2)cc1. The first-order valence-electron chi connectivity index (χ1n) is 9.42. The molecule has 164 valence electrons. The summed E-state index contributed by atoms with van der Waals surface area (Å²) >= 11 is 1.37. The van der Waals surface area contributed by atoms with Gasteiger partial charge in [-0.1, -0.05) is 6.07 Å². The van der Waals surface area contributed by atoms with Crippen LogP contribution in [0.5, 0.6) is 5.75 Å². The van der Waals surface area contributed by atoms with Crippen molar-refractivity contribution < 1.29 is 22.4 Å². The lowest BCUT2D eigenvalue weighted by atomic mass is 10.3. The number of amides is 1. The van der Waals surface area contributed by atoms with Crippen molar-refractivity contribution in [3.8, 4) is 16.5 Å². The van der Waals surface area contributed by atoms with Gasteiger partial charge in [0, 0.05) is 26.2 Å². The van der Waals surface area contributed by atoms with Crippen LogP contribution < -0.4 is 10.5 Å². The van der Waals surface area contributed by atoms with E-state index in [-0.39, 0.29) is 49.4 Å². The van der Waals surface area contributed by atoms with Crippen molar-refractivity contribution >= 4 is 27.3 Å². The number of aromatic nitrogens is 2. The zero-order chi connectivity index (χ0) is 22.0. The smallest absolute Gasteiger partial charge is 0.437 e. The molecule has 3 aromatic rings. The van der Waals surface area contributed by atoms with Crippen molar-refractivity contribution in [1.82, 2.24) is 19.0 Å². The van der Waals surface area contributed by atoms with Gasteiger partial charge in [-0.2, -0.15) is 8.99 Å². The van der Waals surface area contributed by atoms with Crippen molar-refractivity contribution in [2.45, 2.75) is 11.4 Å². The molecular formula is C19H20N4O6S2. The fourth-order valence-electron chi connectivity index (χ4n) is 3.21. The fourth-order valence-corrected chi connectivity index (χ4v) is 5.28. The van der Waals surface area contributed by atoms with Gasteiger partial charge in [0.05, 0.1) is 16.9 Å². The van der Waals surface area contributed by atoms with Crippen LogP contribution in [0.4, 0.5) is 0 Å². The Morgan fingerprint density at radius 2 is 1.87 bits per heavy atom. The molecule has 0 unspecified atom stereocenters. The highest BCUT2D eigenvalue weighted by molar-refractivity contribution is 7.89. The minimum atomic E-state index is -3.67. The van der Waals surface area contributed by atoms with E-state index in [1.54, 1.807) is 18.2 Å². The van der Waals surface area contributed by atoms with Crippen LogP contribution in [0.2, 0.25) is 0 Å². The van der Waals surface area contributed by atoms with E-state index in [4.69, 9.17) is 9.15 Å². The summed E-state index contributed by atoms with van der Waals surface area (Å²) in [5, 5.41) is 5.91. The van der Waals surface area contributed by atoms with Crippen LogP contribution in [0, 0.1) is 0 Å². The van der Waals surface area contributed by atoms with Crippen molar-refractivity contribution in [1.29, 1.82) is 0 Å². The van der Waals surface area contributed by atoms with E-state index in [0.29, 0.717) is 10.6 Å². The largest absolute Gasteiger partial charge is 0.497 e. The molecule has 0 aliphatic carbocycles. The lowest BCUT2D eigenvalue weighted by Crippen LogP contribution is -2.51. The van der Waals surface area contributed by atoms with Crippen molar-refractivity contribution in [2.24, 2.45) is 0 Å². The van der Waals surface area contributed by atoms with Gasteiger partial charge in [0.15, 0.2) is 0 Å². The third kappa shape index (κ3) is 4.40. The normalized spacial score (nSPS) is 15.2. The summed E-state index contributed by atoms with van der Waals surface area (Å²) in [5.41, 5.74) is 0. The number of sulfonamides is 1. The molecule has 31 heavy (non-hydrogen) atoms. The molecule has 0 N–H and O–H groups in total. The highest BCUT2D eigenvalue weighted by Gasteiger charge is 2.30. The first kappa shape index (κ1) is 21.3. The number of hydrogen-bond donors (Lipinski definition) is 0. The van der Waals surface area contributed by atoms with Crippen LogP contribution in [0.1, 0.15) is 0 Å². The van der Waals surface area contributed by atoms with Crippen molar-refractivity contribution in [3.63, 3.8) is 0 Å². The van der Waals surface area contributed by atoms with E-state index in [9.17, 15) is 18.0 Å². The summed E-state index contributed by atoms with van der Waals surface area (Å²) in [6.07, 6.45) is 0. The lowest BCUT2D eigenvalue weighted by Gasteiger charge is -2.33. The molecule has 3 heterocycles.